The van der Waals surface area contributed by atoms with Gasteiger partial charge in [-0.3, -0.25) is 9.59 Å². The van der Waals surface area contributed by atoms with E-state index in [1.165, 1.54) is 6.20 Å². The Labute approximate surface area is 190 Å². The first-order valence-electron chi connectivity index (χ1n) is 10.4. The number of nitrogens with zero attached hydrogens (tertiary/aromatic N) is 2. The van der Waals surface area contributed by atoms with Gasteiger partial charge in [-0.05, 0) is 54.8 Å². The lowest BCUT2D eigenvalue weighted by molar-refractivity contribution is -0.116. The van der Waals surface area contributed by atoms with Gasteiger partial charge in [-0.2, -0.15) is 5.10 Å². The zero-order valence-electron chi connectivity index (χ0n) is 17.4. The third-order valence-corrected chi connectivity index (χ3v) is 6.07. The van der Waals surface area contributed by atoms with Gasteiger partial charge in [-0.15, -0.1) is 0 Å². The second kappa shape index (κ2) is 8.16. The summed E-state index contributed by atoms with van der Waals surface area (Å²) in [6.07, 6.45) is 3.57. The molecule has 0 fully saturated rings. The molecule has 1 aromatic heterocycles. The molecule has 2 aromatic carbocycles. The minimum absolute atomic E-state index is 0.105. The van der Waals surface area contributed by atoms with Crippen molar-refractivity contribution < 1.29 is 14.3 Å². The number of ketones is 1. The van der Waals surface area contributed by atoms with E-state index >= 15 is 0 Å². The summed E-state index contributed by atoms with van der Waals surface area (Å²) in [5.41, 5.74) is 3.51. The second-order valence-corrected chi connectivity index (χ2v) is 8.22. The van der Waals surface area contributed by atoms with Crippen molar-refractivity contribution in [3.8, 4) is 5.75 Å². The molecule has 8 heteroatoms. The quantitative estimate of drug-likeness (QED) is 0.597. The minimum Gasteiger partial charge on any atom is -0.497 e. The summed E-state index contributed by atoms with van der Waals surface area (Å²) in [7, 11) is 1.61. The van der Waals surface area contributed by atoms with Crippen molar-refractivity contribution in [2.24, 2.45) is 0 Å². The number of rotatable bonds is 4. The summed E-state index contributed by atoms with van der Waals surface area (Å²) in [6, 6.07) is 14.1. The third kappa shape index (κ3) is 3.54. The average molecular weight is 449 g/mol. The van der Waals surface area contributed by atoms with Crippen LogP contribution in [0.25, 0.3) is 0 Å². The van der Waals surface area contributed by atoms with Gasteiger partial charge in [-0.1, -0.05) is 23.7 Å². The molecule has 0 unspecified atom stereocenters. The fourth-order valence-electron chi connectivity index (χ4n) is 4.25. The van der Waals surface area contributed by atoms with Gasteiger partial charge in [0.25, 0.3) is 5.91 Å². The zero-order valence-corrected chi connectivity index (χ0v) is 18.1. The molecule has 1 aliphatic carbocycles. The minimum atomic E-state index is -0.406. The number of nitrogens with one attached hydrogen (secondary N) is 2. The van der Waals surface area contributed by atoms with Crippen LogP contribution in [0.2, 0.25) is 5.02 Å². The molecule has 5 rings (SSSR count). The van der Waals surface area contributed by atoms with E-state index in [0.717, 1.165) is 29.9 Å². The molecular weight excluding hydrogens is 428 g/mol. The number of anilines is 2. The van der Waals surface area contributed by atoms with Gasteiger partial charge in [-0.25, -0.2) is 4.68 Å². The van der Waals surface area contributed by atoms with Gasteiger partial charge >= 0.3 is 0 Å². The highest BCUT2D eigenvalue weighted by atomic mass is 35.5. The van der Waals surface area contributed by atoms with Gasteiger partial charge in [0.15, 0.2) is 5.78 Å². The van der Waals surface area contributed by atoms with E-state index in [9.17, 15) is 9.59 Å². The number of carbonyl (C=O) groups excluding carboxylic acids is 2. The summed E-state index contributed by atoms with van der Waals surface area (Å²) in [6.45, 7) is 0. The zero-order chi connectivity index (χ0) is 22.2. The first-order valence-corrected chi connectivity index (χ1v) is 10.7. The Kier molecular flexibility index (Phi) is 5.19. The highest BCUT2D eigenvalue weighted by Crippen LogP contribution is 2.41. The van der Waals surface area contributed by atoms with E-state index in [2.05, 4.69) is 15.7 Å². The number of fused-ring (bicyclic) bond motifs is 1. The number of allylic oxidation sites excluding steroid dienone is 2. The van der Waals surface area contributed by atoms with Crippen molar-refractivity contribution >= 4 is 34.8 Å². The van der Waals surface area contributed by atoms with E-state index < -0.39 is 6.04 Å². The van der Waals surface area contributed by atoms with Gasteiger partial charge < -0.3 is 15.4 Å². The van der Waals surface area contributed by atoms with Gasteiger partial charge in [0.2, 0.25) is 0 Å². The molecule has 0 radical (unpaired) electrons. The molecule has 2 aliphatic rings. The van der Waals surface area contributed by atoms with Crippen LogP contribution in [0.5, 0.6) is 5.75 Å². The normalized spacial score (nSPS) is 17.3. The van der Waals surface area contributed by atoms with Crippen molar-refractivity contribution in [2.75, 3.05) is 17.7 Å². The van der Waals surface area contributed by atoms with E-state index in [-0.39, 0.29) is 11.7 Å². The number of carbonyl (C=O) groups is 2. The number of aromatic nitrogens is 2. The molecule has 0 bridgehead atoms. The molecule has 1 amide bonds. The fourth-order valence-corrected chi connectivity index (χ4v) is 4.38. The first kappa shape index (κ1) is 20.3. The topological polar surface area (TPSA) is 85.2 Å². The van der Waals surface area contributed by atoms with Crippen LogP contribution in [0.3, 0.4) is 0 Å². The van der Waals surface area contributed by atoms with Crippen molar-refractivity contribution in [1.29, 1.82) is 0 Å². The maximum absolute atomic E-state index is 13.0. The van der Waals surface area contributed by atoms with Crippen LogP contribution in [0.15, 0.2) is 66.0 Å². The van der Waals surface area contributed by atoms with E-state index in [1.807, 2.05) is 24.3 Å². The Morgan fingerprint density at radius 3 is 2.62 bits per heavy atom. The molecule has 162 valence electrons. The molecule has 7 nitrogen and oxygen atoms in total. The molecule has 3 aromatic rings. The van der Waals surface area contributed by atoms with Crippen molar-refractivity contribution in [2.45, 2.75) is 25.3 Å². The standard InChI is InChI=1S/C24H21ClN4O3/c1-32-17-11-5-14(6-12-17)22-21-19(3-2-4-20(21)30)28-23-18(13-26-29(22)23)24(31)27-16-9-7-15(25)8-10-16/h5-13,22,28H,2-4H2,1H3,(H,27,31)/t22-/m0/s1. The Morgan fingerprint density at radius 1 is 1.16 bits per heavy atom. The smallest absolute Gasteiger partial charge is 0.261 e. The van der Waals surface area contributed by atoms with Crippen LogP contribution < -0.4 is 15.4 Å². The van der Waals surface area contributed by atoms with Crippen molar-refractivity contribution in [3.63, 3.8) is 0 Å². The molecule has 0 spiro atoms. The van der Waals surface area contributed by atoms with E-state index in [4.69, 9.17) is 16.3 Å². The largest absolute Gasteiger partial charge is 0.497 e. The predicted molar refractivity (Wildman–Crippen MR) is 122 cm³/mol. The lowest BCUT2D eigenvalue weighted by Crippen LogP contribution is -2.32. The molecule has 32 heavy (non-hydrogen) atoms. The van der Waals surface area contributed by atoms with Crippen LogP contribution in [0.4, 0.5) is 11.5 Å². The molecule has 1 atom stereocenters. The lowest BCUT2D eigenvalue weighted by atomic mass is 9.85. The number of hydrogen-bond donors (Lipinski definition) is 2. The number of hydrogen-bond acceptors (Lipinski definition) is 5. The van der Waals surface area contributed by atoms with Gasteiger partial charge in [0, 0.05) is 28.4 Å². The number of halogens is 1. The summed E-state index contributed by atoms with van der Waals surface area (Å²) < 4.78 is 7.00. The first-order chi connectivity index (χ1) is 15.5. The third-order valence-electron chi connectivity index (χ3n) is 5.82. The van der Waals surface area contributed by atoms with Crippen LogP contribution in [-0.4, -0.2) is 28.6 Å². The van der Waals surface area contributed by atoms with E-state index in [1.54, 1.807) is 36.1 Å². The van der Waals surface area contributed by atoms with Crippen LogP contribution >= 0.6 is 11.6 Å². The van der Waals surface area contributed by atoms with Crippen molar-refractivity contribution in [3.05, 3.63) is 82.1 Å². The van der Waals surface area contributed by atoms with E-state index in [0.29, 0.717) is 34.1 Å². The maximum Gasteiger partial charge on any atom is 0.261 e. The summed E-state index contributed by atoms with van der Waals surface area (Å²) in [4.78, 5) is 25.9. The van der Waals surface area contributed by atoms with Crippen LogP contribution in [-0.2, 0) is 4.79 Å². The highest BCUT2D eigenvalue weighted by molar-refractivity contribution is 6.30. The molecular formula is C24H21ClN4O3. The highest BCUT2D eigenvalue weighted by Gasteiger charge is 2.37. The predicted octanol–water partition coefficient (Wildman–Crippen LogP) is 4.82. The Hall–Kier alpha value is -3.58. The SMILES string of the molecule is COc1ccc([C@H]2C3=C(CCCC3=O)Nc3c(C(=O)Nc4ccc(Cl)cc4)cnn32)cc1. The molecule has 0 saturated heterocycles. The molecule has 2 N–H and O–H groups in total. The van der Waals surface area contributed by atoms with Gasteiger partial charge in [0.05, 0.1) is 13.3 Å². The Balaban J connectivity index is 1.55. The second-order valence-electron chi connectivity index (χ2n) is 7.78. The number of methoxy groups -OCH3 is 1. The molecule has 0 saturated carbocycles. The van der Waals surface area contributed by atoms with Gasteiger partial charge in [0.1, 0.15) is 23.2 Å². The number of ether oxygens (including phenoxy) is 1. The summed E-state index contributed by atoms with van der Waals surface area (Å²) in [5, 5.41) is 11.3. The lowest BCUT2D eigenvalue weighted by Gasteiger charge is -2.33. The Bertz CT molecular complexity index is 1230. The Morgan fingerprint density at radius 2 is 1.91 bits per heavy atom. The number of Topliss-reactive ketones (excluding diaryl/α,β-unsaturated/α-hetero) is 1. The fraction of sp³-hybridized carbons (Fsp3) is 0.208. The maximum atomic E-state index is 13.0. The monoisotopic (exact) mass is 448 g/mol. The average Bonchev–Trinajstić information content (AvgIpc) is 3.23. The van der Waals surface area contributed by atoms with Crippen LogP contribution in [0, 0.1) is 0 Å². The molecule has 1 aliphatic heterocycles. The summed E-state index contributed by atoms with van der Waals surface area (Å²) >= 11 is 5.94. The molecule has 2 heterocycles. The van der Waals surface area contributed by atoms with Crippen LogP contribution in [0.1, 0.15) is 41.2 Å². The number of amides is 1. The van der Waals surface area contributed by atoms with Crippen molar-refractivity contribution in [1.82, 2.24) is 9.78 Å². The number of benzene rings is 2. The summed E-state index contributed by atoms with van der Waals surface area (Å²) in [5.74, 6) is 1.12.